The smallest absolute Gasteiger partial charge is 0.326 e. The van der Waals surface area contributed by atoms with E-state index in [4.69, 9.17) is 34.4 Å². The number of nitrogens with two attached hydrogens (primary N) is 6. The number of aliphatic carboxylic acids is 1. The number of benzene rings is 2. The Bertz CT molecular complexity index is 2340. The van der Waals surface area contributed by atoms with Crippen molar-refractivity contribution in [3.05, 3.63) is 65.7 Å². The van der Waals surface area contributed by atoms with E-state index in [2.05, 4.69) is 60.2 Å². The predicted molar refractivity (Wildman–Crippen MR) is 297 cm³/mol. The van der Waals surface area contributed by atoms with E-state index < -0.39 is 120 Å². The Morgan fingerprint density at radius 2 is 0.924 bits per heavy atom. The molecule has 0 aliphatic heterocycles. The van der Waals surface area contributed by atoms with Gasteiger partial charge in [0.25, 0.3) is 0 Å². The molecule has 27 nitrogen and oxygen atoms in total. The molecular weight excluding hydrogens is 1050 g/mol. The van der Waals surface area contributed by atoms with Crippen LogP contribution in [0.4, 0.5) is 0 Å². The van der Waals surface area contributed by atoms with Gasteiger partial charge in [-0.2, -0.15) is 12.6 Å². The van der Waals surface area contributed by atoms with Gasteiger partial charge in [-0.05, 0) is 100 Å². The minimum atomic E-state index is -1.66. The number of amides is 9. The Labute approximate surface area is 464 Å². The first kappa shape index (κ1) is 67.5. The van der Waals surface area contributed by atoms with Gasteiger partial charge < -0.3 is 87.1 Å². The van der Waals surface area contributed by atoms with E-state index in [0.29, 0.717) is 30.4 Å². The van der Waals surface area contributed by atoms with Crippen LogP contribution in [0.3, 0.4) is 0 Å². The number of carbonyl (C=O) groups is 10. The molecule has 0 saturated carbocycles. The van der Waals surface area contributed by atoms with Crippen molar-refractivity contribution in [2.24, 2.45) is 45.3 Å². The zero-order valence-corrected chi connectivity index (χ0v) is 45.6. The summed E-state index contributed by atoms with van der Waals surface area (Å²) in [5, 5.41) is 40.5. The second-order valence-corrected chi connectivity index (χ2v) is 19.5. The maximum Gasteiger partial charge on any atom is 0.326 e. The van der Waals surface area contributed by atoms with Crippen LogP contribution in [0, 0.1) is 5.92 Å². The molecule has 0 fully saturated rings. The van der Waals surface area contributed by atoms with E-state index in [1.165, 1.54) is 24.3 Å². The molecule has 0 aliphatic carbocycles. The summed E-state index contributed by atoms with van der Waals surface area (Å²) in [5.41, 5.74) is 34.4. The first-order valence-corrected chi connectivity index (χ1v) is 26.7. The van der Waals surface area contributed by atoms with Crippen LogP contribution in [0.15, 0.2) is 59.6 Å². The van der Waals surface area contributed by atoms with Crippen molar-refractivity contribution >= 4 is 77.7 Å². The van der Waals surface area contributed by atoms with Crippen LogP contribution in [0.2, 0.25) is 0 Å². The molecule has 2 aromatic carbocycles. The first-order chi connectivity index (χ1) is 37.5. The van der Waals surface area contributed by atoms with Gasteiger partial charge in [-0.1, -0.05) is 56.3 Å². The highest BCUT2D eigenvalue weighted by atomic mass is 32.1. The lowest BCUT2D eigenvalue weighted by atomic mass is 10.0. The average molecular weight is 1130 g/mol. The van der Waals surface area contributed by atoms with Crippen molar-refractivity contribution in [3.8, 4) is 5.75 Å². The number of nitrogens with one attached hydrogen (secondary N) is 8. The standard InChI is InChI=1S/C51H81N15O12S/c1-29(2)23-39(50(77)78)66-45(72)34(14-7-9-21-53)61-46(73)36(24-30-11-4-3-5-12-30)64-47(74)37(25-31-16-18-32(67)19-17-31)63-44(71)35(15-10-22-58-51(56)57)60-43(70)33(13-6-8-20-52)62-48(75)38(26-41(55)68)65-49(76)40(28-79)59-42(69)27-54/h3-5,11-12,16-19,29,33-40,67,79H,6-10,13-15,20-28,52-54H2,1-2H3,(H2,55,68)(H,59,69)(H,60,70)(H,61,73)(H,62,75)(H,63,71)(H,64,74)(H,65,76)(H,66,72)(H,77,78)(H4,56,57,58)/t33-,34-,35-,36-,37-,38-,39-,40-/m0/s1. The summed E-state index contributed by atoms with van der Waals surface area (Å²) in [6.45, 7) is 3.58. The highest BCUT2D eigenvalue weighted by molar-refractivity contribution is 7.80. The largest absolute Gasteiger partial charge is 0.508 e. The molecule has 79 heavy (non-hydrogen) atoms. The quantitative estimate of drug-likeness (QED) is 0.0133. The maximum atomic E-state index is 14.7. The molecule has 2 aromatic rings. The number of aliphatic imine (C=N–C) groups is 1. The first-order valence-electron chi connectivity index (χ1n) is 26.0. The normalized spacial score (nSPS) is 14.0. The van der Waals surface area contributed by atoms with Gasteiger partial charge in [-0.15, -0.1) is 0 Å². The highest BCUT2D eigenvalue weighted by Gasteiger charge is 2.35. The van der Waals surface area contributed by atoms with E-state index in [1.54, 1.807) is 44.2 Å². The van der Waals surface area contributed by atoms with Gasteiger partial charge >= 0.3 is 5.97 Å². The van der Waals surface area contributed by atoms with Crippen LogP contribution >= 0.6 is 12.6 Å². The topological polar surface area (TPSA) is 476 Å². The average Bonchev–Trinajstić information content (AvgIpc) is 3.40. The number of hydrogen-bond acceptors (Lipinski definition) is 16. The van der Waals surface area contributed by atoms with Crippen molar-refractivity contribution in [2.75, 3.05) is 31.9 Å². The van der Waals surface area contributed by atoms with Crippen LogP contribution in [0.1, 0.15) is 89.2 Å². The Morgan fingerprint density at radius 3 is 1.34 bits per heavy atom. The SMILES string of the molecule is CC(C)C[C@H](NC(=O)[C@H](CCCCN)NC(=O)[C@H](Cc1ccccc1)NC(=O)[C@H](Cc1ccc(O)cc1)NC(=O)[C@H](CCCN=C(N)N)NC(=O)[C@H](CCCCN)NC(=O)[C@H](CC(N)=O)NC(=O)[C@H](CS)NC(=O)CN)C(=O)O. The number of rotatable bonds is 38. The summed E-state index contributed by atoms with van der Waals surface area (Å²) in [7, 11) is 0. The summed E-state index contributed by atoms with van der Waals surface area (Å²) < 4.78 is 0. The van der Waals surface area contributed by atoms with Crippen molar-refractivity contribution in [3.63, 3.8) is 0 Å². The fourth-order valence-electron chi connectivity index (χ4n) is 7.89. The molecule has 438 valence electrons. The van der Waals surface area contributed by atoms with Gasteiger partial charge in [0.05, 0.1) is 13.0 Å². The van der Waals surface area contributed by atoms with Gasteiger partial charge in [0.2, 0.25) is 53.2 Å². The van der Waals surface area contributed by atoms with Crippen LogP contribution in [-0.4, -0.2) is 156 Å². The molecule has 28 heteroatoms. The summed E-state index contributed by atoms with van der Waals surface area (Å²) in [4.78, 5) is 139. The lowest BCUT2D eigenvalue weighted by molar-refractivity contribution is -0.143. The summed E-state index contributed by atoms with van der Waals surface area (Å²) in [6, 6.07) is 3.00. The minimum absolute atomic E-state index is 0.0141. The van der Waals surface area contributed by atoms with Crippen LogP contribution in [0.5, 0.6) is 5.75 Å². The molecule has 0 bridgehead atoms. The van der Waals surface area contributed by atoms with Crippen molar-refractivity contribution in [1.82, 2.24) is 42.5 Å². The Balaban J connectivity index is 2.63. The number of carbonyl (C=O) groups excluding carboxylic acids is 9. The molecule has 0 aliphatic rings. The Morgan fingerprint density at radius 1 is 0.519 bits per heavy atom. The Hall–Kier alpha value is -7.56. The van der Waals surface area contributed by atoms with Crippen molar-refractivity contribution < 1.29 is 58.2 Å². The van der Waals surface area contributed by atoms with Gasteiger partial charge in [-0.3, -0.25) is 48.1 Å². The number of carboxylic acids is 1. The number of phenols is 1. The summed E-state index contributed by atoms with van der Waals surface area (Å²) >= 11 is 4.08. The summed E-state index contributed by atoms with van der Waals surface area (Å²) in [6.07, 6.45) is 0.452. The minimum Gasteiger partial charge on any atom is -0.508 e. The third kappa shape index (κ3) is 26.6. The number of primary amides is 1. The number of guanidine groups is 1. The molecule has 0 heterocycles. The van der Waals surface area contributed by atoms with Crippen LogP contribution in [0.25, 0.3) is 0 Å². The highest BCUT2D eigenvalue weighted by Crippen LogP contribution is 2.15. The second-order valence-electron chi connectivity index (χ2n) is 19.2. The zero-order valence-electron chi connectivity index (χ0n) is 44.7. The number of phenolic OH excluding ortho intramolecular Hbond substituents is 1. The van der Waals surface area contributed by atoms with Crippen LogP contribution in [-0.2, 0) is 60.8 Å². The zero-order chi connectivity index (χ0) is 59.0. The van der Waals surface area contributed by atoms with E-state index in [1.807, 2.05) is 0 Å². The predicted octanol–water partition coefficient (Wildman–Crippen LogP) is -3.74. The maximum absolute atomic E-state index is 14.7. The molecule has 22 N–H and O–H groups in total. The van der Waals surface area contributed by atoms with Gasteiger partial charge in [0.1, 0.15) is 54.1 Å². The van der Waals surface area contributed by atoms with Crippen LogP contribution < -0.4 is 76.9 Å². The number of unbranched alkanes of at least 4 members (excludes halogenated alkanes) is 2. The molecule has 0 saturated heterocycles. The number of thiol groups is 1. The van der Waals surface area contributed by atoms with E-state index in [9.17, 15) is 58.2 Å². The monoisotopic (exact) mass is 1130 g/mol. The lowest BCUT2D eigenvalue weighted by Gasteiger charge is -2.28. The molecule has 0 aromatic heterocycles. The lowest BCUT2D eigenvalue weighted by Crippen LogP contribution is -2.61. The van der Waals surface area contributed by atoms with E-state index in [0.717, 1.165) is 0 Å². The van der Waals surface area contributed by atoms with Gasteiger partial charge in [0.15, 0.2) is 5.96 Å². The third-order valence-electron chi connectivity index (χ3n) is 12.0. The molecule has 0 radical (unpaired) electrons. The second kappa shape index (κ2) is 36.5. The molecule has 9 amide bonds. The number of aromatic hydroxyl groups is 1. The van der Waals surface area contributed by atoms with Gasteiger partial charge in [-0.25, -0.2) is 4.79 Å². The van der Waals surface area contributed by atoms with Gasteiger partial charge in [0, 0.05) is 25.1 Å². The third-order valence-corrected chi connectivity index (χ3v) is 12.4. The van der Waals surface area contributed by atoms with Crippen molar-refractivity contribution in [2.45, 2.75) is 139 Å². The molecule has 8 atom stereocenters. The number of hydrogen-bond donors (Lipinski definition) is 17. The molecule has 2 rings (SSSR count). The number of nitrogens with zero attached hydrogens (tertiary/aromatic N) is 1. The molecule has 0 spiro atoms. The molecular formula is C51H81N15O12S. The van der Waals surface area contributed by atoms with E-state index >= 15 is 0 Å². The Kier molecular flexibility index (Phi) is 31.2. The summed E-state index contributed by atoms with van der Waals surface area (Å²) in [5.74, 6) is -9.94. The van der Waals surface area contributed by atoms with E-state index in [-0.39, 0.29) is 94.4 Å². The van der Waals surface area contributed by atoms with Crippen molar-refractivity contribution in [1.29, 1.82) is 0 Å². The number of carboxylic acid groups (broad SMARTS) is 1. The molecule has 0 unspecified atom stereocenters. The fraction of sp³-hybridized carbons (Fsp3) is 0.549. The fourth-order valence-corrected chi connectivity index (χ4v) is 8.15.